The van der Waals surface area contributed by atoms with E-state index in [2.05, 4.69) is 6.92 Å². The van der Waals surface area contributed by atoms with Gasteiger partial charge in [-0.25, -0.2) is 4.39 Å². The molecular weight excluding hydrogens is 432 g/mol. The van der Waals surface area contributed by atoms with Gasteiger partial charge in [0.1, 0.15) is 11.4 Å². The van der Waals surface area contributed by atoms with Crippen molar-refractivity contribution in [3.8, 4) is 22.6 Å². The average Bonchev–Trinajstić information content (AvgIpc) is 2.80. The molecule has 2 aromatic rings. The number of unbranched alkanes of at least 4 members (excludes halogenated alkanes) is 2. The molecule has 0 radical (unpaired) electrons. The van der Waals surface area contributed by atoms with Crippen LogP contribution < -0.4 is 9.47 Å². The Bertz CT molecular complexity index is 981. The van der Waals surface area contributed by atoms with Crippen LogP contribution in [-0.2, 0) is 6.11 Å². The maximum absolute atomic E-state index is 15.5. The molecule has 2 aliphatic rings. The van der Waals surface area contributed by atoms with E-state index in [0.717, 1.165) is 38.5 Å². The molecule has 0 atom stereocenters. The van der Waals surface area contributed by atoms with E-state index in [1.54, 1.807) is 6.07 Å². The van der Waals surface area contributed by atoms with E-state index < -0.39 is 29.1 Å². The lowest BCUT2D eigenvalue weighted by Crippen LogP contribution is -2.29. The largest absolute Gasteiger partial charge is 0.490 e. The molecule has 180 valence electrons. The number of hydrogen-bond donors (Lipinski definition) is 0. The standard InChI is InChI=1S/C27H32F4O2/c1-3-5-7-17-8-10-18(11-9-17)19-12-13-20-21-14-15-22(32-16-6-4-2)25(29)26(21)33-27(30,31)23(20)24(19)28/h12-15,17-18H,3-11,16H2,1-2H3. The summed E-state index contributed by atoms with van der Waals surface area (Å²) in [6.07, 6.45) is 4.68. The minimum atomic E-state index is -3.97. The van der Waals surface area contributed by atoms with Gasteiger partial charge in [0.25, 0.3) is 0 Å². The summed E-state index contributed by atoms with van der Waals surface area (Å²) in [5, 5.41) is 0. The SMILES string of the molecule is CCCCOc1ccc2c(c1F)OC(F)(F)c1c-2ccc(C2CCC(CCCC)CC2)c1F. The molecule has 0 spiro atoms. The number of fused-ring (bicyclic) bond motifs is 3. The summed E-state index contributed by atoms with van der Waals surface area (Å²) < 4.78 is 70.7. The second-order valence-electron chi connectivity index (χ2n) is 9.33. The summed E-state index contributed by atoms with van der Waals surface area (Å²) >= 11 is 0. The molecule has 0 unspecified atom stereocenters. The molecule has 1 fully saturated rings. The van der Waals surface area contributed by atoms with Crippen LogP contribution >= 0.6 is 0 Å². The van der Waals surface area contributed by atoms with Crippen LogP contribution in [0.3, 0.4) is 0 Å². The number of rotatable bonds is 8. The van der Waals surface area contributed by atoms with E-state index in [4.69, 9.17) is 9.47 Å². The fourth-order valence-corrected chi connectivity index (χ4v) is 5.14. The highest BCUT2D eigenvalue weighted by Crippen LogP contribution is 2.52. The Morgan fingerprint density at radius 3 is 2.30 bits per heavy atom. The lowest BCUT2D eigenvalue weighted by molar-refractivity contribution is -0.190. The van der Waals surface area contributed by atoms with Crippen molar-refractivity contribution in [1.29, 1.82) is 0 Å². The number of ether oxygens (including phenoxy) is 2. The maximum Gasteiger partial charge on any atom is 0.430 e. The van der Waals surface area contributed by atoms with Crippen LogP contribution in [0, 0.1) is 17.6 Å². The van der Waals surface area contributed by atoms with Crippen LogP contribution in [0.1, 0.15) is 88.7 Å². The van der Waals surface area contributed by atoms with Crippen molar-refractivity contribution in [2.45, 2.75) is 83.7 Å². The number of alkyl halides is 2. The van der Waals surface area contributed by atoms with E-state index in [1.165, 1.54) is 31.0 Å². The average molecular weight is 465 g/mol. The van der Waals surface area contributed by atoms with Crippen molar-refractivity contribution >= 4 is 0 Å². The molecule has 2 aromatic carbocycles. The molecule has 0 bridgehead atoms. The van der Waals surface area contributed by atoms with Gasteiger partial charge in [-0.3, -0.25) is 0 Å². The van der Waals surface area contributed by atoms with Crippen LogP contribution in [-0.4, -0.2) is 6.61 Å². The van der Waals surface area contributed by atoms with Crippen molar-refractivity contribution in [2.75, 3.05) is 6.61 Å². The van der Waals surface area contributed by atoms with Gasteiger partial charge in [-0.1, -0.05) is 51.7 Å². The summed E-state index contributed by atoms with van der Waals surface area (Å²) in [6, 6.07) is 5.94. The molecule has 1 heterocycles. The fraction of sp³-hybridized carbons (Fsp3) is 0.556. The van der Waals surface area contributed by atoms with Gasteiger partial charge in [0.15, 0.2) is 11.5 Å². The lowest BCUT2D eigenvalue weighted by atomic mass is 9.76. The molecular formula is C27H32F4O2. The number of benzene rings is 2. The van der Waals surface area contributed by atoms with Crippen molar-refractivity contribution < 1.29 is 27.0 Å². The van der Waals surface area contributed by atoms with Crippen molar-refractivity contribution in [2.24, 2.45) is 5.92 Å². The van der Waals surface area contributed by atoms with Gasteiger partial charge in [0, 0.05) is 11.1 Å². The van der Waals surface area contributed by atoms with Crippen molar-refractivity contribution in [3.63, 3.8) is 0 Å². The molecule has 6 heteroatoms. The first-order valence-electron chi connectivity index (χ1n) is 12.2. The van der Waals surface area contributed by atoms with Gasteiger partial charge < -0.3 is 9.47 Å². The molecule has 2 nitrogen and oxygen atoms in total. The first-order chi connectivity index (χ1) is 15.9. The van der Waals surface area contributed by atoms with E-state index in [0.29, 0.717) is 17.9 Å². The van der Waals surface area contributed by atoms with Gasteiger partial charge in [0.2, 0.25) is 5.82 Å². The van der Waals surface area contributed by atoms with Gasteiger partial charge in [0.05, 0.1) is 6.61 Å². The van der Waals surface area contributed by atoms with Crippen LogP contribution in [0.5, 0.6) is 11.5 Å². The van der Waals surface area contributed by atoms with Crippen LogP contribution in [0.25, 0.3) is 11.1 Å². The molecule has 0 N–H and O–H groups in total. The predicted molar refractivity (Wildman–Crippen MR) is 121 cm³/mol. The van der Waals surface area contributed by atoms with E-state index in [9.17, 15) is 4.39 Å². The summed E-state index contributed by atoms with van der Waals surface area (Å²) in [5.41, 5.74) is -0.391. The Hall–Kier alpha value is -2.24. The lowest BCUT2D eigenvalue weighted by Gasteiger charge is -2.32. The minimum Gasteiger partial charge on any atom is -0.490 e. The van der Waals surface area contributed by atoms with Crippen molar-refractivity contribution in [1.82, 2.24) is 0 Å². The van der Waals surface area contributed by atoms with Crippen LogP contribution in [0.4, 0.5) is 17.6 Å². The maximum atomic E-state index is 15.5. The zero-order valence-corrected chi connectivity index (χ0v) is 19.4. The van der Waals surface area contributed by atoms with Gasteiger partial charge in [-0.2, -0.15) is 13.2 Å². The summed E-state index contributed by atoms with van der Waals surface area (Å²) in [5.74, 6) is -2.09. The normalized spacial score (nSPS) is 21.2. The summed E-state index contributed by atoms with van der Waals surface area (Å²) in [4.78, 5) is 0. The third-order valence-electron chi connectivity index (χ3n) is 7.05. The highest BCUT2D eigenvalue weighted by Gasteiger charge is 2.47. The summed E-state index contributed by atoms with van der Waals surface area (Å²) in [7, 11) is 0. The molecule has 0 aromatic heterocycles. The first kappa shape index (κ1) is 23.9. The Kier molecular flexibility index (Phi) is 7.20. The van der Waals surface area contributed by atoms with Crippen molar-refractivity contribution in [3.05, 3.63) is 47.0 Å². The predicted octanol–water partition coefficient (Wildman–Crippen LogP) is 8.72. The second-order valence-corrected chi connectivity index (χ2v) is 9.33. The third-order valence-corrected chi connectivity index (χ3v) is 7.05. The molecule has 0 saturated heterocycles. The Morgan fingerprint density at radius 2 is 1.61 bits per heavy atom. The fourth-order valence-electron chi connectivity index (χ4n) is 5.14. The van der Waals surface area contributed by atoms with E-state index in [1.807, 2.05) is 6.92 Å². The van der Waals surface area contributed by atoms with Gasteiger partial charge >= 0.3 is 6.11 Å². The molecule has 1 aliphatic heterocycles. The highest BCUT2D eigenvalue weighted by molar-refractivity contribution is 5.78. The smallest absolute Gasteiger partial charge is 0.430 e. The van der Waals surface area contributed by atoms with E-state index in [-0.39, 0.29) is 29.4 Å². The van der Waals surface area contributed by atoms with Gasteiger partial charge in [-0.15, -0.1) is 0 Å². The second kappa shape index (κ2) is 9.94. The van der Waals surface area contributed by atoms with E-state index >= 15 is 13.2 Å². The Balaban J connectivity index is 1.64. The molecule has 1 saturated carbocycles. The summed E-state index contributed by atoms with van der Waals surface area (Å²) in [6.45, 7) is 4.41. The molecule has 0 amide bonds. The monoisotopic (exact) mass is 464 g/mol. The molecule has 4 rings (SSSR count). The van der Waals surface area contributed by atoms with Crippen LogP contribution in [0.2, 0.25) is 0 Å². The molecule has 1 aliphatic carbocycles. The number of hydrogen-bond acceptors (Lipinski definition) is 2. The quantitative estimate of drug-likeness (QED) is 0.287. The van der Waals surface area contributed by atoms with Crippen LogP contribution in [0.15, 0.2) is 24.3 Å². The number of halogens is 4. The Morgan fingerprint density at radius 1 is 0.909 bits per heavy atom. The van der Waals surface area contributed by atoms with Gasteiger partial charge in [-0.05, 0) is 61.6 Å². The minimum absolute atomic E-state index is 0.0295. The third kappa shape index (κ3) is 4.71. The zero-order chi connectivity index (χ0) is 23.6. The zero-order valence-electron chi connectivity index (χ0n) is 19.4. The topological polar surface area (TPSA) is 18.5 Å². The molecule has 33 heavy (non-hydrogen) atoms. The first-order valence-corrected chi connectivity index (χ1v) is 12.2. The highest BCUT2D eigenvalue weighted by atomic mass is 19.3. The Labute approximate surface area is 193 Å².